The topological polar surface area (TPSA) is 64.6 Å². The quantitative estimate of drug-likeness (QED) is 0.777. The van der Waals surface area contributed by atoms with Crippen LogP contribution in [-0.4, -0.2) is 48.8 Å². The van der Waals surface area contributed by atoms with Crippen LogP contribution >= 0.6 is 0 Å². The van der Waals surface area contributed by atoms with Crippen molar-refractivity contribution in [2.75, 3.05) is 20.6 Å². The van der Waals surface area contributed by atoms with Crippen LogP contribution in [0.1, 0.15) is 37.4 Å². The summed E-state index contributed by atoms with van der Waals surface area (Å²) in [6.07, 6.45) is 3.35. The highest BCUT2D eigenvalue weighted by Crippen LogP contribution is 2.21. The number of carbonyl (C=O) groups excluding carboxylic acids is 1. The normalized spacial score (nSPS) is 22.7. The number of benzene rings is 1. The lowest BCUT2D eigenvalue weighted by molar-refractivity contribution is 0.168. The van der Waals surface area contributed by atoms with E-state index in [4.69, 9.17) is 0 Å². The van der Waals surface area contributed by atoms with Gasteiger partial charge in [0, 0.05) is 18.6 Å². The minimum Gasteiger partial charge on any atom is -0.387 e. The van der Waals surface area contributed by atoms with Crippen LogP contribution in [0.2, 0.25) is 0 Å². The van der Waals surface area contributed by atoms with Gasteiger partial charge in [-0.15, -0.1) is 0 Å². The van der Waals surface area contributed by atoms with Crippen LogP contribution in [0, 0.1) is 5.82 Å². The van der Waals surface area contributed by atoms with Gasteiger partial charge in [-0.3, -0.25) is 0 Å². The maximum absolute atomic E-state index is 12.8. The van der Waals surface area contributed by atoms with Gasteiger partial charge in [-0.25, -0.2) is 9.18 Å². The summed E-state index contributed by atoms with van der Waals surface area (Å²) >= 11 is 0. The first-order valence-electron chi connectivity index (χ1n) is 8.10. The summed E-state index contributed by atoms with van der Waals surface area (Å²) in [5.74, 6) is -0.348. The van der Waals surface area contributed by atoms with Gasteiger partial charge >= 0.3 is 6.03 Å². The lowest BCUT2D eigenvalue weighted by Gasteiger charge is -2.33. The monoisotopic (exact) mass is 323 g/mol. The fourth-order valence-corrected chi connectivity index (χ4v) is 2.99. The van der Waals surface area contributed by atoms with Crippen molar-refractivity contribution in [3.8, 4) is 0 Å². The number of urea groups is 1. The lowest BCUT2D eigenvalue weighted by atomic mass is 9.90. The van der Waals surface area contributed by atoms with Crippen molar-refractivity contribution in [2.24, 2.45) is 0 Å². The molecule has 1 aliphatic rings. The van der Waals surface area contributed by atoms with Gasteiger partial charge in [-0.05, 0) is 57.5 Å². The number of hydrogen-bond acceptors (Lipinski definition) is 3. The summed E-state index contributed by atoms with van der Waals surface area (Å²) in [5.41, 5.74) is 0.581. The molecule has 0 heterocycles. The average Bonchev–Trinajstić information content (AvgIpc) is 2.53. The molecule has 1 aromatic rings. The van der Waals surface area contributed by atoms with Gasteiger partial charge in [0.1, 0.15) is 5.82 Å². The predicted octanol–water partition coefficient (Wildman–Crippen LogP) is 2.03. The molecule has 2 rings (SSSR count). The molecule has 2 amide bonds. The van der Waals surface area contributed by atoms with E-state index in [1.165, 1.54) is 24.3 Å². The van der Waals surface area contributed by atoms with Gasteiger partial charge in [0.25, 0.3) is 0 Å². The van der Waals surface area contributed by atoms with Crippen molar-refractivity contribution in [3.05, 3.63) is 35.6 Å². The highest BCUT2D eigenvalue weighted by atomic mass is 19.1. The lowest BCUT2D eigenvalue weighted by Crippen LogP contribution is -2.47. The first-order valence-corrected chi connectivity index (χ1v) is 8.10. The van der Waals surface area contributed by atoms with Crippen LogP contribution in [-0.2, 0) is 0 Å². The third kappa shape index (κ3) is 5.48. The number of nitrogens with zero attached hydrogens (tertiary/aromatic N) is 1. The predicted molar refractivity (Wildman–Crippen MR) is 87.6 cm³/mol. The Hall–Kier alpha value is -1.66. The summed E-state index contributed by atoms with van der Waals surface area (Å²) in [5, 5.41) is 15.7. The molecule has 0 bridgehead atoms. The molecule has 6 heteroatoms. The molecule has 1 aromatic carbocycles. The largest absolute Gasteiger partial charge is 0.387 e. The molecule has 3 unspecified atom stereocenters. The van der Waals surface area contributed by atoms with Crippen LogP contribution in [0.15, 0.2) is 24.3 Å². The minimum absolute atomic E-state index is 0.0985. The van der Waals surface area contributed by atoms with Crippen molar-refractivity contribution in [1.82, 2.24) is 15.5 Å². The van der Waals surface area contributed by atoms with E-state index in [1.54, 1.807) is 0 Å². The molecule has 1 aliphatic carbocycles. The minimum atomic E-state index is -0.845. The Balaban J connectivity index is 1.75. The number of aliphatic hydroxyl groups is 1. The molecule has 1 fully saturated rings. The van der Waals surface area contributed by atoms with Gasteiger partial charge < -0.3 is 20.6 Å². The molecular weight excluding hydrogens is 297 g/mol. The van der Waals surface area contributed by atoms with E-state index >= 15 is 0 Å². The molecule has 5 nitrogen and oxygen atoms in total. The first kappa shape index (κ1) is 17.7. The van der Waals surface area contributed by atoms with Gasteiger partial charge in [0.15, 0.2) is 0 Å². The van der Waals surface area contributed by atoms with E-state index < -0.39 is 6.10 Å². The Bertz CT molecular complexity index is 507. The van der Waals surface area contributed by atoms with Crippen LogP contribution < -0.4 is 10.6 Å². The first-order chi connectivity index (χ1) is 11.0. The van der Waals surface area contributed by atoms with Crippen molar-refractivity contribution in [3.63, 3.8) is 0 Å². The highest BCUT2D eigenvalue weighted by molar-refractivity contribution is 5.74. The van der Waals surface area contributed by atoms with E-state index in [9.17, 15) is 14.3 Å². The van der Waals surface area contributed by atoms with Gasteiger partial charge in [-0.1, -0.05) is 12.1 Å². The molecule has 3 N–H and O–H groups in total. The van der Waals surface area contributed by atoms with Crippen LogP contribution in [0.5, 0.6) is 0 Å². The molecule has 23 heavy (non-hydrogen) atoms. The summed E-state index contributed by atoms with van der Waals surface area (Å²) in [6.45, 7) is 0.0985. The summed E-state index contributed by atoms with van der Waals surface area (Å²) in [4.78, 5) is 14.2. The maximum Gasteiger partial charge on any atom is 0.315 e. The van der Waals surface area contributed by atoms with Crippen molar-refractivity contribution < 1.29 is 14.3 Å². The fourth-order valence-electron chi connectivity index (χ4n) is 2.99. The Morgan fingerprint density at radius 1 is 1.35 bits per heavy atom. The second kappa shape index (κ2) is 8.26. The number of halogens is 1. The zero-order chi connectivity index (χ0) is 16.8. The van der Waals surface area contributed by atoms with E-state index in [0.717, 1.165) is 25.7 Å². The Morgan fingerprint density at radius 2 is 2.04 bits per heavy atom. The molecule has 3 atom stereocenters. The molecule has 0 aromatic heterocycles. The van der Waals surface area contributed by atoms with Crippen LogP contribution in [0.4, 0.5) is 9.18 Å². The third-order valence-electron chi connectivity index (χ3n) is 4.42. The van der Waals surface area contributed by atoms with Crippen molar-refractivity contribution in [1.29, 1.82) is 0 Å². The number of aliphatic hydroxyl groups excluding tert-OH is 1. The standard InChI is InChI=1S/C17H26FN3O2/c1-21(2)15-5-3-4-14(10-15)20-17(23)19-11-16(22)12-6-8-13(18)9-7-12/h6-9,14-16,22H,3-5,10-11H2,1-2H3,(H2,19,20,23). The van der Waals surface area contributed by atoms with Gasteiger partial charge in [-0.2, -0.15) is 0 Å². The molecule has 128 valence electrons. The fraction of sp³-hybridized carbons (Fsp3) is 0.588. The Kier molecular flexibility index (Phi) is 6.36. The van der Waals surface area contributed by atoms with Crippen LogP contribution in [0.25, 0.3) is 0 Å². The molecule has 0 spiro atoms. The molecule has 1 saturated carbocycles. The number of nitrogens with one attached hydrogen (secondary N) is 2. The highest BCUT2D eigenvalue weighted by Gasteiger charge is 2.24. The zero-order valence-electron chi connectivity index (χ0n) is 13.8. The zero-order valence-corrected chi connectivity index (χ0v) is 13.8. The molecule has 0 radical (unpaired) electrons. The summed E-state index contributed by atoms with van der Waals surface area (Å²) < 4.78 is 12.8. The third-order valence-corrected chi connectivity index (χ3v) is 4.42. The van der Waals surface area contributed by atoms with E-state index in [-0.39, 0.29) is 24.4 Å². The number of amides is 2. The Morgan fingerprint density at radius 3 is 2.70 bits per heavy atom. The SMILES string of the molecule is CN(C)C1CCCC(NC(=O)NCC(O)c2ccc(F)cc2)C1. The van der Waals surface area contributed by atoms with Crippen molar-refractivity contribution >= 4 is 6.03 Å². The van der Waals surface area contributed by atoms with E-state index in [1.807, 2.05) is 0 Å². The number of hydrogen-bond donors (Lipinski definition) is 3. The van der Waals surface area contributed by atoms with E-state index in [0.29, 0.717) is 11.6 Å². The second-order valence-electron chi connectivity index (χ2n) is 6.40. The molecular formula is C17H26FN3O2. The smallest absolute Gasteiger partial charge is 0.315 e. The van der Waals surface area contributed by atoms with Crippen LogP contribution in [0.3, 0.4) is 0 Å². The number of carbonyl (C=O) groups is 1. The summed E-state index contributed by atoms with van der Waals surface area (Å²) in [7, 11) is 4.12. The van der Waals surface area contributed by atoms with E-state index in [2.05, 4.69) is 29.6 Å². The molecule has 0 saturated heterocycles. The number of rotatable bonds is 5. The Labute approximate surface area is 136 Å². The maximum atomic E-state index is 12.8. The van der Waals surface area contributed by atoms with Gasteiger partial charge in [0.2, 0.25) is 0 Å². The second-order valence-corrected chi connectivity index (χ2v) is 6.40. The average molecular weight is 323 g/mol. The van der Waals surface area contributed by atoms with Crippen molar-refractivity contribution in [2.45, 2.75) is 43.9 Å². The molecule has 0 aliphatic heterocycles. The summed E-state index contributed by atoms with van der Waals surface area (Å²) in [6, 6.07) is 6.02. The van der Waals surface area contributed by atoms with Gasteiger partial charge in [0.05, 0.1) is 6.10 Å².